The average Bonchev–Trinajstić information content (AvgIpc) is 2.86. The molecule has 1 amide bonds. The molecule has 0 unspecified atom stereocenters. The molecular formula is C13H14FN3OS. The number of hydrogen-bond acceptors (Lipinski definition) is 4. The molecule has 0 spiro atoms. The number of benzene rings is 1. The third-order valence-electron chi connectivity index (χ3n) is 3.34. The minimum absolute atomic E-state index is 0.247. The number of hydrogen-bond donors (Lipinski definition) is 2. The predicted octanol–water partition coefficient (Wildman–Crippen LogP) is 2.18. The highest BCUT2D eigenvalue weighted by Gasteiger charge is 2.30. The van der Waals surface area contributed by atoms with Crippen molar-refractivity contribution in [2.75, 3.05) is 18.4 Å². The topological polar surface area (TPSA) is 54.0 Å². The van der Waals surface area contributed by atoms with Crippen LogP contribution in [0.3, 0.4) is 0 Å². The smallest absolute Gasteiger partial charge is 0.230 e. The second kappa shape index (κ2) is 5.22. The maximum Gasteiger partial charge on any atom is 0.230 e. The van der Waals surface area contributed by atoms with Crippen molar-refractivity contribution in [3.63, 3.8) is 0 Å². The number of alkyl halides is 1. The van der Waals surface area contributed by atoms with Crippen molar-refractivity contribution in [3.05, 3.63) is 23.7 Å². The maximum atomic E-state index is 13.7. The van der Waals surface area contributed by atoms with Gasteiger partial charge in [-0.15, -0.1) is 11.3 Å². The van der Waals surface area contributed by atoms with E-state index in [1.54, 1.807) is 16.8 Å². The summed E-state index contributed by atoms with van der Waals surface area (Å²) in [5, 5.41) is 5.72. The van der Waals surface area contributed by atoms with E-state index in [0.29, 0.717) is 18.7 Å². The van der Waals surface area contributed by atoms with Gasteiger partial charge in [-0.25, -0.2) is 9.37 Å². The van der Waals surface area contributed by atoms with Crippen LogP contribution < -0.4 is 10.6 Å². The third kappa shape index (κ3) is 2.59. The molecule has 2 atom stereocenters. The minimum Gasteiger partial charge on any atom is -0.326 e. The fourth-order valence-corrected chi connectivity index (χ4v) is 2.95. The Labute approximate surface area is 114 Å². The van der Waals surface area contributed by atoms with Gasteiger partial charge in [-0.2, -0.15) is 0 Å². The van der Waals surface area contributed by atoms with Gasteiger partial charge in [-0.05, 0) is 31.2 Å². The molecule has 0 bridgehead atoms. The first-order valence-electron chi connectivity index (χ1n) is 6.23. The van der Waals surface area contributed by atoms with Crippen LogP contribution in [0.25, 0.3) is 10.2 Å². The van der Waals surface area contributed by atoms with Gasteiger partial charge in [-0.3, -0.25) is 4.79 Å². The van der Waals surface area contributed by atoms with Gasteiger partial charge in [-0.1, -0.05) is 0 Å². The van der Waals surface area contributed by atoms with E-state index < -0.39 is 12.1 Å². The van der Waals surface area contributed by atoms with Gasteiger partial charge in [0.2, 0.25) is 5.91 Å². The van der Waals surface area contributed by atoms with E-state index in [-0.39, 0.29) is 12.5 Å². The second-order valence-electron chi connectivity index (χ2n) is 4.64. The number of nitrogens with zero attached hydrogens (tertiary/aromatic N) is 1. The average molecular weight is 279 g/mol. The summed E-state index contributed by atoms with van der Waals surface area (Å²) in [4.78, 5) is 16.3. The van der Waals surface area contributed by atoms with Crippen LogP contribution in [-0.4, -0.2) is 30.2 Å². The van der Waals surface area contributed by atoms with Gasteiger partial charge in [0.15, 0.2) is 0 Å². The normalized spacial score (nSPS) is 23.4. The van der Waals surface area contributed by atoms with Crippen LogP contribution in [0, 0.1) is 5.92 Å². The maximum absolute atomic E-state index is 13.7. The molecule has 19 heavy (non-hydrogen) atoms. The Morgan fingerprint density at radius 3 is 3.26 bits per heavy atom. The van der Waals surface area contributed by atoms with E-state index in [0.717, 1.165) is 10.2 Å². The van der Waals surface area contributed by atoms with Crippen LogP contribution in [0.4, 0.5) is 10.1 Å². The Kier molecular flexibility index (Phi) is 3.44. The standard InChI is InChI=1S/C13H14FN3OS/c14-10-6-15-4-3-9(10)13(18)17-8-1-2-12-11(5-8)16-7-19-12/h1-2,5,7,9-10,15H,3-4,6H2,(H,17,18)/t9-,10-/m1/s1. The molecule has 0 radical (unpaired) electrons. The quantitative estimate of drug-likeness (QED) is 0.886. The molecule has 1 aliphatic rings. The van der Waals surface area contributed by atoms with Crippen molar-refractivity contribution in [1.82, 2.24) is 10.3 Å². The molecule has 1 saturated heterocycles. The number of rotatable bonds is 2. The van der Waals surface area contributed by atoms with E-state index in [9.17, 15) is 9.18 Å². The summed E-state index contributed by atoms with van der Waals surface area (Å²) < 4.78 is 14.7. The number of carbonyl (C=O) groups is 1. The zero-order valence-corrected chi connectivity index (χ0v) is 11.0. The number of nitrogens with one attached hydrogen (secondary N) is 2. The molecule has 4 nitrogen and oxygen atoms in total. The number of thiazole rings is 1. The molecule has 1 aromatic heterocycles. The van der Waals surface area contributed by atoms with Crippen molar-refractivity contribution < 1.29 is 9.18 Å². The number of fused-ring (bicyclic) bond motifs is 1. The Morgan fingerprint density at radius 2 is 2.42 bits per heavy atom. The van der Waals surface area contributed by atoms with Crippen LogP contribution in [0.5, 0.6) is 0 Å². The number of aromatic nitrogens is 1. The first-order valence-corrected chi connectivity index (χ1v) is 7.11. The fourth-order valence-electron chi connectivity index (χ4n) is 2.29. The van der Waals surface area contributed by atoms with Crippen molar-refractivity contribution >= 4 is 33.1 Å². The fraction of sp³-hybridized carbons (Fsp3) is 0.385. The van der Waals surface area contributed by atoms with Crippen LogP contribution >= 0.6 is 11.3 Å². The number of piperidine rings is 1. The first kappa shape index (κ1) is 12.5. The minimum atomic E-state index is -1.11. The van der Waals surface area contributed by atoms with Gasteiger partial charge in [0.25, 0.3) is 0 Å². The van der Waals surface area contributed by atoms with Crippen molar-refractivity contribution in [2.45, 2.75) is 12.6 Å². The number of anilines is 1. The second-order valence-corrected chi connectivity index (χ2v) is 5.53. The van der Waals surface area contributed by atoms with E-state index >= 15 is 0 Å². The molecule has 1 aliphatic heterocycles. The summed E-state index contributed by atoms with van der Waals surface area (Å²) >= 11 is 1.55. The van der Waals surface area contributed by atoms with Crippen molar-refractivity contribution in [1.29, 1.82) is 0 Å². The predicted molar refractivity (Wildman–Crippen MR) is 74.1 cm³/mol. The lowest BCUT2D eigenvalue weighted by atomic mass is 9.95. The summed E-state index contributed by atoms with van der Waals surface area (Å²) in [7, 11) is 0. The van der Waals surface area contributed by atoms with Crippen LogP contribution in [-0.2, 0) is 4.79 Å². The summed E-state index contributed by atoms with van der Waals surface area (Å²) in [5.41, 5.74) is 3.29. The molecule has 2 aromatic rings. The largest absolute Gasteiger partial charge is 0.326 e. The molecule has 100 valence electrons. The SMILES string of the molecule is O=C(Nc1ccc2scnc2c1)[C@@H]1CCNC[C@H]1F. The lowest BCUT2D eigenvalue weighted by Crippen LogP contribution is -2.43. The van der Waals surface area contributed by atoms with Gasteiger partial charge < -0.3 is 10.6 Å². The Hall–Kier alpha value is -1.53. The van der Waals surface area contributed by atoms with Gasteiger partial charge in [0.1, 0.15) is 6.17 Å². The zero-order valence-electron chi connectivity index (χ0n) is 10.2. The van der Waals surface area contributed by atoms with Crippen LogP contribution in [0.2, 0.25) is 0 Å². The molecule has 1 aromatic carbocycles. The molecule has 0 saturated carbocycles. The van der Waals surface area contributed by atoms with Gasteiger partial charge in [0.05, 0.1) is 21.6 Å². The van der Waals surface area contributed by atoms with Gasteiger partial charge in [0, 0.05) is 12.2 Å². The van der Waals surface area contributed by atoms with E-state index in [1.807, 2.05) is 18.2 Å². The Bertz CT molecular complexity index is 600. The number of carbonyl (C=O) groups excluding carboxylic acids is 1. The molecular weight excluding hydrogens is 265 g/mol. The molecule has 3 rings (SSSR count). The Balaban J connectivity index is 1.74. The first-order chi connectivity index (χ1) is 9.24. The molecule has 1 fully saturated rings. The number of halogens is 1. The lowest BCUT2D eigenvalue weighted by molar-refractivity contribution is -0.122. The molecule has 0 aliphatic carbocycles. The Morgan fingerprint density at radius 1 is 1.53 bits per heavy atom. The van der Waals surface area contributed by atoms with Crippen molar-refractivity contribution in [3.8, 4) is 0 Å². The van der Waals surface area contributed by atoms with E-state index in [4.69, 9.17) is 0 Å². The summed E-state index contributed by atoms with van der Waals surface area (Å²) in [5.74, 6) is -0.809. The summed E-state index contributed by atoms with van der Waals surface area (Å²) in [6, 6.07) is 5.56. The summed E-state index contributed by atoms with van der Waals surface area (Å²) in [6.07, 6.45) is -0.580. The summed E-state index contributed by atoms with van der Waals surface area (Å²) in [6.45, 7) is 0.937. The number of amides is 1. The third-order valence-corrected chi connectivity index (χ3v) is 4.15. The van der Waals surface area contributed by atoms with Gasteiger partial charge >= 0.3 is 0 Å². The van der Waals surface area contributed by atoms with E-state index in [2.05, 4.69) is 15.6 Å². The zero-order chi connectivity index (χ0) is 13.2. The van der Waals surface area contributed by atoms with Crippen LogP contribution in [0.15, 0.2) is 23.7 Å². The highest BCUT2D eigenvalue weighted by molar-refractivity contribution is 7.16. The highest BCUT2D eigenvalue weighted by atomic mass is 32.1. The molecule has 6 heteroatoms. The van der Waals surface area contributed by atoms with Crippen molar-refractivity contribution in [2.24, 2.45) is 5.92 Å². The molecule has 2 N–H and O–H groups in total. The lowest BCUT2D eigenvalue weighted by Gasteiger charge is -2.25. The molecule has 2 heterocycles. The van der Waals surface area contributed by atoms with Crippen LogP contribution in [0.1, 0.15) is 6.42 Å². The highest BCUT2D eigenvalue weighted by Crippen LogP contribution is 2.23. The monoisotopic (exact) mass is 279 g/mol. The van der Waals surface area contributed by atoms with E-state index in [1.165, 1.54) is 0 Å².